The summed E-state index contributed by atoms with van der Waals surface area (Å²) in [5.74, 6) is 1.04. The van der Waals surface area contributed by atoms with Gasteiger partial charge in [-0.2, -0.15) is 0 Å². The number of hydrogen-bond acceptors (Lipinski definition) is 4. The molecule has 0 aliphatic carbocycles. The van der Waals surface area contributed by atoms with Gasteiger partial charge in [0.25, 0.3) is 5.91 Å². The van der Waals surface area contributed by atoms with Crippen LogP contribution in [0.3, 0.4) is 0 Å². The maximum Gasteiger partial charge on any atom is 0.255 e. The topological polar surface area (TPSA) is 56.8 Å². The fourth-order valence-corrected chi connectivity index (χ4v) is 2.67. The van der Waals surface area contributed by atoms with Gasteiger partial charge in [-0.25, -0.2) is 0 Å². The van der Waals surface area contributed by atoms with Crippen LogP contribution in [0.15, 0.2) is 18.2 Å². The highest BCUT2D eigenvalue weighted by molar-refractivity contribution is 5.97. The third kappa shape index (κ3) is 4.37. The van der Waals surface area contributed by atoms with Crippen LogP contribution >= 0.6 is 0 Å². The number of amides is 1. The van der Waals surface area contributed by atoms with E-state index in [1.165, 1.54) is 0 Å². The fourth-order valence-electron chi connectivity index (χ4n) is 2.67. The van der Waals surface area contributed by atoms with E-state index in [-0.39, 0.29) is 11.9 Å². The SMILES string of the molecule is COc1ccc(OC)c(C(=O)N[C@H](C)CC[C@H]2CCCO2)c1. The Bertz CT molecular complexity index is 497. The molecule has 1 N–H and O–H groups in total. The van der Waals surface area contributed by atoms with Crippen molar-refractivity contribution in [3.63, 3.8) is 0 Å². The number of carbonyl (C=O) groups is 1. The first-order valence-electron chi connectivity index (χ1n) is 7.78. The van der Waals surface area contributed by atoms with E-state index in [9.17, 15) is 4.79 Å². The first-order valence-corrected chi connectivity index (χ1v) is 7.78. The molecule has 1 heterocycles. The second-order valence-electron chi connectivity index (χ2n) is 5.65. The molecule has 0 unspecified atom stereocenters. The average Bonchev–Trinajstić information content (AvgIpc) is 3.05. The molecule has 1 fully saturated rings. The van der Waals surface area contributed by atoms with Gasteiger partial charge in [0.2, 0.25) is 0 Å². The Hall–Kier alpha value is -1.75. The van der Waals surface area contributed by atoms with E-state index in [0.717, 1.165) is 32.3 Å². The molecule has 22 heavy (non-hydrogen) atoms. The van der Waals surface area contributed by atoms with Gasteiger partial charge in [-0.15, -0.1) is 0 Å². The van der Waals surface area contributed by atoms with Gasteiger partial charge >= 0.3 is 0 Å². The Balaban J connectivity index is 1.92. The molecule has 1 amide bonds. The minimum atomic E-state index is -0.143. The van der Waals surface area contributed by atoms with Crippen molar-refractivity contribution in [3.8, 4) is 11.5 Å². The zero-order valence-electron chi connectivity index (χ0n) is 13.6. The molecular weight excluding hydrogens is 282 g/mol. The molecule has 0 saturated carbocycles. The minimum Gasteiger partial charge on any atom is -0.497 e. The van der Waals surface area contributed by atoms with Crippen LogP contribution in [0.5, 0.6) is 11.5 Å². The second kappa shape index (κ2) is 8.03. The summed E-state index contributed by atoms with van der Waals surface area (Å²) in [7, 11) is 3.13. The number of hydrogen-bond donors (Lipinski definition) is 1. The highest BCUT2D eigenvalue weighted by Gasteiger charge is 2.19. The van der Waals surface area contributed by atoms with Gasteiger partial charge in [-0.1, -0.05) is 0 Å². The standard InChI is InChI=1S/C17H25NO4/c1-12(6-7-13-5-4-10-22-13)18-17(19)15-11-14(20-2)8-9-16(15)21-3/h8-9,11-13H,4-7,10H2,1-3H3,(H,18,19)/t12-,13-/m1/s1. The first kappa shape index (κ1) is 16.6. The first-order chi connectivity index (χ1) is 10.6. The second-order valence-corrected chi connectivity index (χ2v) is 5.65. The molecule has 1 aromatic rings. The summed E-state index contributed by atoms with van der Waals surface area (Å²) in [6.07, 6.45) is 4.52. The maximum absolute atomic E-state index is 12.4. The smallest absolute Gasteiger partial charge is 0.255 e. The van der Waals surface area contributed by atoms with Crippen LogP contribution in [-0.2, 0) is 4.74 Å². The van der Waals surface area contributed by atoms with Gasteiger partial charge in [0.05, 0.1) is 25.9 Å². The molecule has 2 rings (SSSR count). The summed E-state index contributed by atoms with van der Waals surface area (Å²) in [6, 6.07) is 5.30. The van der Waals surface area contributed by atoms with E-state index >= 15 is 0 Å². The summed E-state index contributed by atoms with van der Waals surface area (Å²) >= 11 is 0. The Labute approximate surface area is 131 Å². The molecule has 1 saturated heterocycles. The average molecular weight is 307 g/mol. The normalized spacial score (nSPS) is 18.8. The molecule has 2 atom stereocenters. The highest BCUT2D eigenvalue weighted by atomic mass is 16.5. The van der Waals surface area contributed by atoms with Crippen LogP contribution in [0.25, 0.3) is 0 Å². The summed E-state index contributed by atoms with van der Waals surface area (Å²) < 4.78 is 16.0. The minimum absolute atomic E-state index is 0.0904. The van der Waals surface area contributed by atoms with Crippen LogP contribution in [0.4, 0.5) is 0 Å². The van der Waals surface area contributed by atoms with Crippen molar-refractivity contribution in [2.75, 3.05) is 20.8 Å². The number of methoxy groups -OCH3 is 2. The molecule has 0 bridgehead atoms. The van der Waals surface area contributed by atoms with Crippen molar-refractivity contribution >= 4 is 5.91 Å². The van der Waals surface area contributed by atoms with Gasteiger partial charge in [0.1, 0.15) is 11.5 Å². The third-order valence-corrected chi connectivity index (χ3v) is 3.97. The van der Waals surface area contributed by atoms with Crippen LogP contribution in [-0.4, -0.2) is 38.9 Å². The molecule has 1 aromatic carbocycles. The molecule has 5 heteroatoms. The summed E-state index contributed by atoms with van der Waals surface area (Å²) in [5.41, 5.74) is 0.491. The highest BCUT2D eigenvalue weighted by Crippen LogP contribution is 2.24. The van der Waals surface area contributed by atoms with E-state index in [4.69, 9.17) is 14.2 Å². The zero-order valence-corrected chi connectivity index (χ0v) is 13.6. The van der Waals surface area contributed by atoms with Crippen molar-refractivity contribution in [1.29, 1.82) is 0 Å². The largest absolute Gasteiger partial charge is 0.497 e. The van der Waals surface area contributed by atoms with Crippen LogP contribution < -0.4 is 14.8 Å². The summed E-state index contributed by atoms with van der Waals surface area (Å²) in [4.78, 5) is 12.4. The third-order valence-electron chi connectivity index (χ3n) is 3.97. The number of ether oxygens (including phenoxy) is 3. The van der Waals surface area contributed by atoms with Crippen molar-refractivity contribution in [3.05, 3.63) is 23.8 Å². The predicted molar refractivity (Wildman–Crippen MR) is 84.7 cm³/mol. The van der Waals surface area contributed by atoms with Crippen LogP contribution in [0.2, 0.25) is 0 Å². The van der Waals surface area contributed by atoms with Gasteiger partial charge in [-0.05, 0) is 50.8 Å². The molecule has 0 aromatic heterocycles. The molecule has 1 aliphatic rings. The zero-order chi connectivity index (χ0) is 15.9. The Kier molecular flexibility index (Phi) is 6.07. The van der Waals surface area contributed by atoms with Crippen LogP contribution in [0, 0.1) is 0 Å². The van der Waals surface area contributed by atoms with E-state index in [1.54, 1.807) is 32.4 Å². The van der Waals surface area contributed by atoms with Crippen molar-refractivity contribution in [2.45, 2.75) is 44.8 Å². The molecule has 0 spiro atoms. The number of nitrogens with one attached hydrogen (secondary N) is 1. The van der Waals surface area contributed by atoms with Crippen molar-refractivity contribution in [1.82, 2.24) is 5.32 Å². The lowest BCUT2D eigenvalue weighted by Crippen LogP contribution is -2.33. The van der Waals surface area contributed by atoms with Gasteiger partial charge in [0.15, 0.2) is 0 Å². The molecule has 0 radical (unpaired) electrons. The van der Waals surface area contributed by atoms with E-state index in [2.05, 4.69) is 5.32 Å². The van der Waals surface area contributed by atoms with Gasteiger partial charge in [-0.3, -0.25) is 4.79 Å². The quantitative estimate of drug-likeness (QED) is 0.841. The molecule has 5 nitrogen and oxygen atoms in total. The Morgan fingerprint density at radius 3 is 2.86 bits per heavy atom. The monoisotopic (exact) mass is 307 g/mol. The number of benzene rings is 1. The molecule has 1 aliphatic heterocycles. The summed E-state index contributed by atoms with van der Waals surface area (Å²) in [6.45, 7) is 2.88. The van der Waals surface area contributed by atoms with Crippen LogP contribution in [0.1, 0.15) is 43.0 Å². The molecule has 122 valence electrons. The lowest BCUT2D eigenvalue weighted by Gasteiger charge is -2.17. The Morgan fingerprint density at radius 2 is 2.23 bits per heavy atom. The van der Waals surface area contributed by atoms with E-state index in [1.807, 2.05) is 6.92 Å². The van der Waals surface area contributed by atoms with E-state index < -0.39 is 0 Å². The van der Waals surface area contributed by atoms with Gasteiger partial charge in [0, 0.05) is 12.6 Å². The summed E-state index contributed by atoms with van der Waals surface area (Å²) in [5, 5.41) is 3.02. The fraction of sp³-hybridized carbons (Fsp3) is 0.588. The lowest BCUT2D eigenvalue weighted by atomic mass is 10.1. The Morgan fingerprint density at radius 1 is 1.41 bits per heavy atom. The van der Waals surface area contributed by atoms with Crippen molar-refractivity contribution in [2.24, 2.45) is 0 Å². The van der Waals surface area contributed by atoms with E-state index in [0.29, 0.717) is 23.2 Å². The predicted octanol–water partition coefficient (Wildman–Crippen LogP) is 2.78. The van der Waals surface area contributed by atoms with Crippen molar-refractivity contribution < 1.29 is 19.0 Å². The maximum atomic E-state index is 12.4. The number of rotatable bonds is 7. The van der Waals surface area contributed by atoms with Gasteiger partial charge < -0.3 is 19.5 Å². The lowest BCUT2D eigenvalue weighted by molar-refractivity contribution is 0.0897. The molecular formula is C17H25NO4. The number of carbonyl (C=O) groups excluding carboxylic acids is 1.